The molecule has 0 radical (unpaired) electrons. The number of benzene rings is 1. The molecule has 0 bridgehead atoms. The third kappa shape index (κ3) is 2.21. The van der Waals surface area contributed by atoms with Crippen molar-refractivity contribution >= 4 is 11.8 Å². The maximum absolute atomic E-state index is 13.3. The molecule has 1 aromatic carbocycles. The summed E-state index contributed by atoms with van der Waals surface area (Å²) in [5, 5.41) is 8.32. The van der Waals surface area contributed by atoms with Crippen LogP contribution in [-0.2, 0) is 4.79 Å². The summed E-state index contributed by atoms with van der Waals surface area (Å²) < 4.78 is 39.1. The van der Waals surface area contributed by atoms with Gasteiger partial charge in [0.15, 0.2) is 17.4 Å². The van der Waals surface area contributed by atoms with Gasteiger partial charge in [0.25, 0.3) is 0 Å². The average Bonchev–Trinajstić information content (AvgIpc) is 2.19. The molecule has 3 nitrogen and oxygen atoms in total. The maximum atomic E-state index is 13.3. The van der Waals surface area contributed by atoms with E-state index < -0.39 is 46.8 Å². The van der Waals surface area contributed by atoms with Crippen molar-refractivity contribution in [2.24, 2.45) is 0 Å². The fourth-order valence-corrected chi connectivity index (χ4v) is 1.17. The fraction of sp³-hybridized carbons (Fsp3) is 0.200. The molecule has 0 spiro atoms. The molecule has 0 unspecified atom stereocenters. The van der Waals surface area contributed by atoms with Crippen LogP contribution in [0.1, 0.15) is 22.3 Å². The van der Waals surface area contributed by atoms with Gasteiger partial charge in [-0.25, -0.2) is 13.2 Å². The molecule has 0 amide bonds. The minimum absolute atomic E-state index is 0.364. The van der Waals surface area contributed by atoms with Gasteiger partial charge >= 0.3 is 5.97 Å². The topological polar surface area (TPSA) is 54.4 Å². The number of hydrogen-bond acceptors (Lipinski definition) is 2. The lowest BCUT2D eigenvalue weighted by Gasteiger charge is -2.05. The van der Waals surface area contributed by atoms with Gasteiger partial charge in [0, 0.05) is 5.56 Å². The van der Waals surface area contributed by atoms with E-state index in [-0.39, 0.29) is 0 Å². The lowest BCUT2D eigenvalue weighted by atomic mass is 10.0. The van der Waals surface area contributed by atoms with E-state index in [2.05, 4.69) is 0 Å². The summed E-state index contributed by atoms with van der Waals surface area (Å²) in [6.07, 6.45) is -0.971. The van der Waals surface area contributed by atoms with Crippen molar-refractivity contribution in [3.05, 3.63) is 34.6 Å². The van der Waals surface area contributed by atoms with Crippen LogP contribution in [0.5, 0.6) is 0 Å². The summed E-state index contributed by atoms with van der Waals surface area (Å²) in [5.41, 5.74) is -1.40. The molecular weight excluding hydrogens is 225 g/mol. The highest BCUT2D eigenvalue weighted by Crippen LogP contribution is 2.20. The summed E-state index contributed by atoms with van der Waals surface area (Å²) in [4.78, 5) is 21.4. The Labute approximate surface area is 88.5 Å². The average molecular weight is 232 g/mol. The Hall–Kier alpha value is -1.85. The molecule has 0 aromatic heterocycles. The van der Waals surface area contributed by atoms with Gasteiger partial charge in [-0.2, -0.15) is 0 Å². The van der Waals surface area contributed by atoms with E-state index in [1.165, 1.54) is 0 Å². The largest absolute Gasteiger partial charge is 0.481 e. The van der Waals surface area contributed by atoms with Crippen molar-refractivity contribution in [3.8, 4) is 0 Å². The smallest absolute Gasteiger partial charge is 0.311 e. The standard InChI is InChI=1S/C10H7F3O3/c1-4-9(12)5(2-6(11)10(4)13)7(14)3-8(15)16/h2H,3H2,1H3,(H,15,16). The van der Waals surface area contributed by atoms with E-state index in [4.69, 9.17) is 5.11 Å². The molecule has 1 N–H and O–H groups in total. The quantitative estimate of drug-likeness (QED) is 0.493. The Bertz CT molecular complexity index is 469. The first-order chi connectivity index (χ1) is 7.34. The number of ketones is 1. The Kier molecular flexibility index (Phi) is 3.31. The number of aliphatic carboxylic acids is 1. The van der Waals surface area contributed by atoms with Crippen molar-refractivity contribution in [2.75, 3.05) is 0 Å². The van der Waals surface area contributed by atoms with E-state index in [0.717, 1.165) is 6.92 Å². The van der Waals surface area contributed by atoms with E-state index >= 15 is 0 Å². The third-order valence-corrected chi connectivity index (χ3v) is 1.99. The van der Waals surface area contributed by atoms with Gasteiger partial charge in [-0.05, 0) is 13.0 Å². The van der Waals surface area contributed by atoms with Gasteiger partial charge in [0.05, 0.1) is 5.56 Å². The van der Waals surface area contributed by atoms with Crippen molar-refractivity contribution in [1.29, 1.82) is 0 Å². The molecule has 0 heterocycles. The van der Waals surface area contributed by atoms with Gasteiger partial charge < -0.3 is 5.11 Å². The second-order valence-corrected chi connectivity index (χ2v) is 3.15. The third-order valence-electron chi connectivity index (χ3n) is 1.99. The lowest BCUT2D eigenvalue weighted by molar-refractivity contribution is -0.135. The number of carboxylic acids is 1. The molecule has 1 rings (SSSR count). The van der Waals surface area contributed by atoms with Gasteiger partial charge in [0.2, 0.25) is 0 Å². The zero-order chi connectivity index (χ0) is 12.5. The van der Waals surface area contributed by atoms with Crippen LogP contribution in [0, 0.1) is 24.4 Å². The second kappa shape index (κ2) is 4.34. The molecular formula is C10H7F3O3. The summed E-state index contributed by atoms with van der Waals surface area (Å²) in [7, 11) is 0. The highest BCUT2D eigenvalue weighted by Gasteiger charge is 2.21. The zero-order valence-corrected chi connectivity index (χ0v) is 8.18. The highest BCUT2D eigenvalue weighted by molar-refractivity contribution is 6.05. The van der Waals surface area contributed by atoms with E-state index in [9.17, 15) is 22.8 Å². The molecule has 0 saturated carbocycles. The minimum Gasteiger partial charge on any atom is -0.481 e. The highest BCUT2D eigenvalue weighted by atomic mass is 19.2. The number of carbonyl (C=O) groups excluding carboxylic acids is 1. The van der Waals surface area contributed by atoms with Crippen molar-refractivity contribution in [3.63, 3.8) is 0 Å². The van der Waals surface area contributed by atoms with Crippen LogP contribution >= 0.6 is 0 Å². The molecule has 0 aliphatic rings. The number of rotatable bonds is 3. The van der Waals surface area contributed by atoms with Crippen LogP contribution in [0.3, 0.4) is 0 Å². The van der Waals surface area contributed by atoms with Crippen LogP contribution in [0.15, 0.2) is 6.07 Å². The molecule has 86 valence electrons. The lowest BCUT2D eigenvalue weighted by Crippen LogP contribution is -2.11. The molecule has 0 fully saturated rings. The van der Waals surface area contributed by atoms with Crippen LogP contribution in [0.2, 0.25) is 0 Å². The van der Waals surface area contributed by atoms with Crippen molar-refractivity contribution in [2.45, 2.75) is 13.3 Å². The second-order valence-electron chi connectivity index (χ2n) is 3.15. The Morgan fingerprint density at radius 2 is 1.81 bits per heavy atom. The number of carboxylic acid groups (broad SMARTS) is 1. The maximum Gasteiger partial charge on any atom is 0.311 e. The fourth-order valence-electron chi connectivity index (χ4n) is 1.17. The first kappa shape index (κ1) is 12.2. The van der Waals surface area contributed by atoms with Gasteiger partial charge in [-0.3, -0.25) is 9.59 Å². The predicted molar refractivity (Wildman–Crippen MR) is 47.6 cm³/mol. The van der Waals surface area contributed by atoms with Gasteiger partial charge in [0.1, 0.15) is 12.2 Å². The van der Waals surface area contributed by atoms with E-state index in [1.54, 1.807) is 0 Å². The number of carbonyl (C=O) groups is 2. The Balaban J connectivity index is 3.25. The first-order valence-corrected chi connectivity index (χ1v) is 4.23. The van der Waals surface area contributed by atoms with Crippen LogP contribution in [0.4, 0.5) is 13.2 Å². The predicted octanol–water partition coefficient (Wildman–Crippen LogP) is 2.07. The molecule has 16 heavy (non-hydrogen) atoms. The molecule has 0 atom stereocenters. The number of Topliss-reactive ketones (excluding diaryl/α,β-unsaturated/α-hetero) is 1. The molecule has 6 heteroatoms. The summed E-state index contributed by atoms with van der Waals surface area (Å²) >= 11 is 0. The molecule has 0 aliphatic carbocycles. The van der Waals surface area contributed by atoms with Crippen molar-refractivity contribution < 1.29 is 27.9 Å². The Morgan fingerprint density at radius 1 is 1.25 bits per heavy atom. The SMILES string of the molecule is Cc1c(F)c(F)cc(C(=O)CC(=O)O)c1F. The van der Waals surface area contributed by atoms with Gasteiger partial charge in [-0.1, -0.05) is 0 Å². The van der Waals surface area contributed by atoms with Crippen LogP contribution in [0.25, 0.3) is 0 Å². The summed E-state index contributed by atoms with van der Waals surface area (Å²) in [6, 6.07) is 0.364. The monoisotopic (exact) mass is 232 g/mol. The van der Waals surface area contributed by atoms with E-state index in [0.29, 0.717) is 6.07 Å². The summed E-state index contributed by atoms with van der Waals surface area (Å²) in [6.45, 7) is 0.964. The Morgan fingerprint density at radius 3 is 2.31 bits per heavy atom. The molecule has 1 aromatic rings. The first-order valence-electron chi connectivity index (χ1n) is 4.23. The normalized spacial score (nSPS) is 10.2. The zero-order valence-electron chi connectivity index (χ0n) is 8.18. The number of hydrogen-bond donors (Lipinski definition) is 1. The van der Waals surface area contributed by atoms with Crippen LogP contribution < -0.4 is 0 Å². The summed E-state index contributed by atoms with van der Waals surface area (Å²) in [5.74, 6) is -6.57. The molecule has 0 saturated heterocycles. The molecule has 0 aliphatic heterocycles. The van der Waals surface area contributed by atoms with Crippen LogP contribution in [-0.4, -0.2) is 16.9 Å². The van der Waals surface area contributed by atoms with Gasteiger partial charge in [-0.15, -0.1) is 0 Å². The van der Waals surface area contributed by atoms with Crippen molar-refractivity contribution in [1.82, 2.24) is 0 Å². The number of halogens is 3. The van der Waals surface area contributed by atoms with E-state index in [1.807, 2.05) is 0 Å². The minimum atomic E-state index is -1.47.